The molecule has 2 aromatic rings. The molecule has 2 aromatic heterocycles. The van der Waals surface area contributed by atoms with E-state index in [-0.39, 0.29) is 0 Å². The Morgan fingerprint density at radius 3 is 2.79 bits per heavy atom. The molecule has 5 nitrogen and oxygen atoms in total. The van der Waals surface area contributed by atoms with Crippen LogP contribution in [-0.2, 0) is 6.54 Å². The van der Waals surface area contributed by atoms with Crippen molar-refractivity contribution in [2.75, 3.05) is 18.0 Å². The fourth-order valence-corrected chi connectivity index (χ4v) is 3.02. The van der Waals surface area contributed by atoms with Gasteiger partial charge in [0.1, 0.15) is 6.33 Å². The first kappa shape index (κ1) is 12.6. The van der Waals surface area contributed by atoms with Crippen molar-refractivity contribution in [1.29, 1.82) is 0 Å². The molecule has 1 aliphatic rings. The lowest BCUT2D eigenvalue weighted by Gasteiger charge is -2.27. The molecule has 100 valence electrons. The Morgan fingerprint density at radius 2 is 2.05 bits per heavy atom. The summed E-state index contributed by atoms with van der Waals surface area (Å²) in [5.74, 6) is 0.952. The third-order valence-corrected chi connectivity index (χ3v) is 4.04. The van der Waals surface area contributed by atoms with Crippen molar-refractivity contribution in [3.8, 4) is 0 Å². The molecule has 1 aliphatic heterocycles. The zero-order chi connectivity index (χ0) is 13.2. The van der Waals surface area contributed by atoms with Crippen LogP contribution in [0.1, 0.15) is 19.3 Å². The second kappa shape index (κ2) is 5.28. The molecule has 0 unspecified atom stereocenters. The molecular formula is C13H16BrN5. The van der Waals surface area contributed by atoms with Gasteiger partial charge in [0.2, 0.25) is 0 Å². The molecule has 1 saturated heterocycles. The first-order valence-electron chi connectivity index (χ1n) is 6.54. The largest absolute Gasteiger partial charge is 0.355 e. The summed E-state index contributed by atoms with van der Waals surface area (Å²) in [6.45, 7) is 6.57. The number of fused-ring (bicyclic) bond motifs is 1. The molecule has 0 amide bonds. The topological polar surface area (TPSA) is 46.8 Å². The Morgan fingerprint density at radius 1 is 1.26 bits per heavy atom. The minimum atomic E-state index is 0.688. The highest BCUT2D eigenvalue weighted by Gasteiger charge is 2.19. The average Bonchev–Trinajstić information content (AvgIpc) is 2.77. The van der Waals surface area contributed by atoms with E-state index >= 15 is 0 Å². The van der Waals surface area contributed by atoms with Crippen LogP contribution in [0.4, 0.5) is 5.82 Å². The average molecular weight is 322 g/mol. The zero-order valence-electron chi connectivity index (χ0n) is 10.7. The van der Waals surface area contributed by atoms with Crippen molar-refractivity contribution in [2.45, 2.75) is 25.8 Å². The number of nitrogens with zero attached hydrogens (tertiary/aromatic N) is 5. The van der Waals surface area contributed by atoms with E-state index in [4.69, 9.17) is 0 Å². The van der Waals surface area contributed by atoms with Crippen LogP contribution >= 0.6 is 15.9 Å². The van der Waals surface area contributed by atoms with Gasteiger partial charge in [0.05, 0.1) is 0 Å². The Bertz CT molecular complexity index is 600. The van der Waals surface area contributed by atoms with E-state index < -0.39 is 0 Å². The third kappa shape index (κ3) is 2.25. The predicted molar refractivity (Wildman–Crippen MR) is 79.3 cm³/mol. The van der Waals surface area contributed by atoms with E-state index in [1.165, 1.54) is 19.3 Å². The number of halogens is 1. The van der Waals surface area contributed by atoms with Gasteiger partial charge in [-0.1, -0.05) is 6.08 Å². The highest BCUT2D eigenvalue weighted by molar-refractivity contribution is 9.10. The predicted octanol–water partition coefficient (Wildman–Crippen LogP) is 2.77. The van der Waals surface area contributed by atoms with Gasteiger partial charge in [-0.05, 0) is 35.2 Å². The Balaban J connectivity index is 2.10. The molecule has 19 heavy (non-hydrogen) atoms. The van der Waals surface area contributed by atoms with Gasteiger partial charge in [0, 0.05) is 19.6 Å². The van der Waals surface area contributed by atoms with Gasteiger partial charge < -0.3 is 4.90 Å². The molecule has 0 aliphatic carbocycles. The maximum atomic E-state index is 4.57. The standard InChI is InChI=1S/C13H16BrN5/c1-2-6-19-12-10(17-13(19)14)11(15-9-16-12)18-7-4-3-5-8-18/h2,9H,1,3-8H2. The van der Waals surface area contributed by atoms with Crippen LogP contribution in [0.2, 0.25) is 0 Å². The molecule has 0 aromatic carbocycles. The highest BCUT2D eigenvalue weighted by atomic mass is 79.9. The monoisotopic (exact) mass is 321 g/mol. The first-order valence-corrected chi connectivity index (χ1v) is 7.33. The quantitative estimate of drug-likeness (QED) is 0.644. The number of hydrogen-bond acceptors (Lipinski definition) is 4. The summed E-state index contributed by atoms with van der Waals surface area (Å²) < 4.78 is 2.78. The third-order valence-electron chi connectivity index (χ3n) is 3.43. The minimum Gasteiger partial charge on any atom is -0.355 e. The van der Waals surface area contributed by atoms with E-state index in [9.17, 15) is 0 Å². The fourth-order valence-electron chi connectivity index (χ4n) is 2.53. The number of rotatable bonds is 3. The van der Waals surface area contributed by atoms with Crippen molar-refractivity contribution in [3.05, 3.63) is 23.7 Å². The molecule has 1 fully saturated rings. The molecule has 0 saturated carbocycles. The van der Waals surface area contributed by atoms with Crippen molar-refractivity contribution >= 4 is 32.9 Å². The lowest BCUT2D eigenvalue weighted by molar-refractivity contribution is 0.574. The maximum absolute atomic E-state index is 4.57. The van der Waals surface area contributed by atoms with Gasteiger partial charge in [-0.3, -0.25) is 4.57 Å². The summed E-state index contributed by atoms with van der Waals surface area (Å²) in [6, 6.07) is 0. The van der Waals surface area contributed by atoms with Crippen molar-refractivity contribution < 1.29 is 0 Å². The molecule has 0 spiro atoms. The molecule has 0 radical (unpaired) electrons. The van der Waals surface area contributed by atoms with Crippen LogP contribution in [0, 0.1) is 0 Å². The van der Waals surface area contributed by atoms with Crippen LogP contribution in [0.3, 0.4) is 0 Å². The van der Waals surface area contributed by atoms with Gasteiger partial charge >= 0.3 is 0 Å². The summed E-state index contributed by atoms with van der Waals surface area (Å²) >= 11 is 3.49. The van der Waals surface area contributed by atoms with Crippen LogP contribution in [-0.4, -0.2) is 32.6 Å². The summed E-state index contributed by atoms with van der Waals surface area (Å²) in [5.41, 5.74) is 1.74. The van der Waals surface area contributed by atoms with Gasteiger partial charge in [0.15, 0.2) is 21.7 Å². The van der Waals surface area contributed by atoms with Crippen LogP contribution in [0.15, 0.2) is 23.7 Å². The van der Waals surface area contributed by atoms with Crippen LogP contribution in [0.5, 0.6) is 0 Å². The van der Waals surface area contributed by atoms with E-state index in [2.05, 4.69) is 42.4 Å². The van der Waals surface area contributed by atoms with Gasteiger partial charge in [0.25, 0.3) is 0 Å². The zero-order valence-corrected chi connectivity index (χ0v) is 12.3. The van der Waals surface area contributed by atoms with Crippen LogP contribution < -0.4 is 4.90 Å². The lowest BCUT2D eigenvalue weighted by atomic mass is 10.1. The summed E-state index contributed by atoms with van der Waals surface area (Å²) in [7, 11) is 0. The second-order valence-electron chi connectivity index (χ2n) is 4.70. The number of imidazole rings is 1. The molecule has 0 atom stereocenters. The van der Waals surface area contributed by atoms with Gasteiger partial charge in [-0.15, -0.1) is 6.58 Å². The minimum absolute atomic E-state index is 0.688. The molecule has 3 heterocycles. The number of piperidine rings is 1. The van der Waals surface area contributed by atoms with E-state index in [1.807, 2.05) is 10.6 Å². The first-order chi connectivity index (χ1) is 9.31. The van der Waals surface area contributed by atoms with Crippen molar-refractivity contribution in [3.63, 3.8) is 0 Å². The van der Waals surface area contributed by atoms with Crippen molar-refractivity contribution in [2.24, 2.45) is 0 Å². The molecule has 3 rings (SSSR count). The van der Waals surface area contributed by atoms with Crippen LogP contribution in [0.25, 0.3) is 11.2 Å². The number of hydrogen-bond donors (Lipinski definition) is 0. The normalized spacial score (nSPS) is 15.9. The highest BCUT2D eigenvalue weighted by Crippen LogP contribution is 2.27. The lowest BCUT2D eigenvalue weighted by Crippen LogP contribution is -2.30. The molecular weight excluding hydrogens is 306 g/mol. The van der Waals surface area contributed by atoms with E-state index in [1.54, 1.807) is 6.33 Å². The maximum Gasteiger partial charge on any atom is 0.179 e. The Kier molecular flexibility index (Phi) is 3.50. The Labute approximate surface area is 120 Å². The number of anilines is 1. The van der Waals surface area contributed by atoms with E-state index in [0.29, 0.717) is 6.54 Å². The van der Waals surface area contributed by atoms with Gasteiger partial charge in [-0.25, -0.2) is 15.0 Å². The fraction of sp³-hybridized carbons (Fsp3) is 0.462. The summed E-state index contributed by atoms with van der Waals surface area (Å²) in [5, 5.41) is 0. The smallest absolute Gasteiger partial charge is 0.179 e. The van der Waals surface area contributed by atoms with E-state index in [0.717, 1.165) is 34.8 Å². The molecule has 0 N–H and O–H groups in total. The second-order valence-corrected chi connectivity index (χ2v) is 5.41. The molecule has 0 bridgehead atoms. The SMILES string of the molecule is C=CCn1c(Br)nc2c(N3CCCCC3)ncnc21. The Hall–Kier alpha value is -1.43. The van der Waals surface area contributed by atoms with Gasteiger partial charge in [-0.2, -0.15) is 0 Å². The molecule has 6 heteroatoms. The van der Waals surface area contributed by atoms with Crippen molar-refractivity contribution in [1.82, 2.24) is 19.5 Å². The number of allylic oxidation sites excluding steroid dienone is 1. The summed E-state index contributed by atoms with van der Waals surface area (Å²) in [4.78, 5) is 15.7. The summed E-state index contributed by atoms with van der Waals surface area (Å²) in [6.07, 6.45) is 7.22. The number of aromatic nitrogens is 4.